The standard InChI is InChI=1S/C13H14ClN3O/c14-11-4-1-3-10(9-11)12(5-2-6-15)17-8-7-16-13(17)18/h1,3-4,9,12H,2,5,7-8H2,(H,16,18). The number of nitriles is 1. The van der Waals surface area contributed by atoms with Crippen molar-refractivity contribution in [2.75, 3.05) is 13.1 Å². The molecule has 1 fully saturated rings. The van der Waals surface area contributed by atoms with E-state index in [1.54, 1.807) is 11.0 Å². The average Bonchev–Trinajstić information content (AvgIpc) is 2.77. The van der Waals surface area contributed by atoms with Crippen LogP contribution < -0.4 is 5.32 Å². The van der Waals surface area contributed by atoms with Crippen molar-refractivity contribution in [3.63, 3.8) is 0 Å². The number of amides is 2. The van der Waals surface area contributed by atoms with Crippen molar-refractivity contribution in [2.45, 2.75) is 18.9 Å². The summed E-state index contributed by atoms with van der Waals surface area (Å²) >= 11 is 5.98. The van der Waals surface area contributed by atoms with E-state index in [1.165, 1.54) is 0 Å². The van der Waals surface area contributed by atoms with Gasteiger partial charge in [-0.2, -0.15) is 5.26 Å². The molecule has 1 aliphatic heterocycles. The summed E-state index contributed by atoms with van der Waals surface area (Å²) in [6.45, 7) is 1.32. The lowest BCUT2D eigenvalue weighted by molar-refractivity contribution is 0.195. The second-order valence-electron chi connectivity index (χ2n) is 4.19. The number of carbonyl (C=O) groups excluding carboxylic acids is 1. The van der Waals surface area contributed by atoms with E-state index in [9.17, 15) is 4.79 Å². The van der Waals surface area contributed by atoms with Crippen LogP contribution in [0.2, 0.25) is 5.02 Å². The second kappa shape index (κ2) is 5.74. The molecule has 0 aromatic heterocycles. The van der Waals surface area contributed by atoms with E-state index in [0.717, 1.165) is 5.56 Å². The van der Waals surface area contributed by atoms with E-state index in [2.05, 4.69) is 11.4 Å². The molecule has 2 amide bonds. The highest BCUT2D eigenvalue weighted by atomic mass is 35.5. The lowest BCUT2D eigenvalue weighted by atomic mass is 10.0. The molecule has 0 radical (unpaired) electrons. The molecule has 5 heteroatoms. The number of rotatable bonds is 4. The smallest absolute Gasteiger partial charge is 0.318 e. The number of urea groups is 1. The van der Waals surface area contributed by atoms with E-state index in [4.69, 9.17) is 16.9 Å². The topological polar surface area (TPSA) is 56.1 Å². The summed E-state index contributed by atoms with van der Waals surface area (Å²) < 4.78 is 0. The maximum atomic E-state index is 11.7. The maximum Gasteiger partial charge on any atom is 0.318 e. The number of hydrogen-bond acceptors (Lipinski definition) is 2. The summed E-state index contributed by atoms with van der Waals surface area (Å²) in [6, 6.07) is 9.45. The van der Waals surface area contributed by atoms with Crippen LogP contribution in [0.3, 0.4) is 0 Å². The van der Waals surface area contributed by atoms with Crippen LogP contribution >= 0.6 is 11.6 Å². The van der Waals surface area contributed by atoms with Crippen LogP contribution in [0.4, 0.5) is 4.79 Å². The third-order valence-electron chi connectivity index (χ3n) is 3.03. The number of nitrogens with zero attached hydrogens (tertiary/aromatic N) is 2. The molecule has 18 heavy (non-hydrogen) atoms. The number of nitrogens with one attached hydrogen (secondary N) is 1. The lowest BCUT2D eigenvalue weighted by Gasteiger charge is -2.26. The molecule has 0 aliphatic carbocycles. The number of benzene rings is 1. The van der Waals surface area contributed by atoms with Crippen molar-refractivity contribution in [2.24, 2.45) is 0 Å². The SMILES string of the molecule is N#CCCC(c1cccc(Cl)c1)N1CCNC1=O. The van der Waals surface area contributed by atoms with Gasteiger partial charge in [-0.3, -0.25) is 0 Å². The Kier molecular flexibility index (Phi) is 4.06. The first-order chi connectivity index (χ1) is 8.72. The first kappa shape index (κ1) is 12.7. The van der Waals surface area contributed by atoms with Crippen LogP contribution in [0.1, 0.15) is 24.4 Å². The minimum atomic E-state index is -0.0779. The predicted octanol–water partition coefficient (Wildman–Crippen LogP) is 2.71. The van der Waals surface area contributed by atoms with Gasteiger partial charge in [-0.1, -0.05) is 23.7 Å². The summed E-state index contributed by atoms with van der Waals surface area (Å²) in [7, 11) is 0. The molecule has 1 aliphatic rings. The monoisotopic (exact) mass is 263 g/mol. The third-order valence-corrected chi connectivity index (χ3v) is 3.26. The molecule has 0 bridgehead atoms. The van der Waals surface area contributed by atoms with Gasteiger partial charge in [-0.15, -0.1) is 0 Å². The van der Waals surface area contributed by atoms with Crippen LogP contribution in [0.15, 0.2) is 24.3 Å². The van der Waals surface area contributed by atoms with Crippen molar-refractivity contribution in [3.05, 3.63) is 34.9 Å². The molecular weight excluding hydrogens is 250 g/mol. The quantitative estimate of drug-likeness (QED) is 0.908. The van der Waals surface area contributed by atoms with Gasteiger partial charge in [0.05, 0.1) is 12.1 Å². The largest absolute Gasteiger partial charge is 0.336 e. The first-order valence-corrected chi connectivity index (χ1v) is 6.27. The van der Waals surface area contributed by atoms with Crippen molar-refractivity contribution in [3.8, 4) is 6.07 Å². The van der Waals surface area contributed by atoms with Crippen LogP contribution in [-0.4, -0.2) is 24.0 Å². The molecule has 4 nitrogen and oxygen atoms in total. The predicted molar refractivity (Wildman–Crippen MR) is 69.1 cm³/mol. The zero-order valence-electron chi connectivity index (χ0n) is 9.90. The molecule has 0 spiro atoms. The fraction of sp³-hybridized carbons (Fsp3) is 0.385. The highest BCUT2D eigenvalue weighted by Gasteiger charge is 2.28. The lowest BCUT2D eigenvalue weighted by Crippen LogP contribution is -2.32. The molecule has 1 unspecified atom stereocenters. The van der Waals surface area contributed by atoms with Gasteiger partial charge in [-0.25, -0.2) is 4.79 Å². The normalized spacial score (nSPS) is 16.2. The number of carbonyl (C=O) groups is 1. The summed E-state index contributed by atoms with van der Waals surface area (Å²) in [6.07, 6.45) is 1.05. The van der Waals surface area contributed by atoms with Crippen molar-refractivity contribution in [1.29, 1.82) is 5.26 Å². The molecule has 1 heterocycles. The first-order valence-electron chi connectivity index (χ1n) is 5.89. The summed E-state index contributed by atoms with van der Waals surface area (Å²) in [5, 5.41) is 12.2. The van der Waals surface area contributed by atoms with Crippen LogP contribution in [0.25, 0.3) is 0 Å². The highest BCUT2D eigenvalue weighted by Crippen LogP contribution is 2.28. The fourth-order valence-electron chi connectivity index (χ4n) is 2.20. The number of hydrogen-bond donors (Lipinski definition) is 1. The Morgan fingerprint density at radius 3 is 3.00 bits per heavy atom. The van der Waals surface area contributed by atoms with Crippen LogP contribution in [-0.2, 0) is 0 Å². The van der Waals surface area contributed by atoms with E-state index in [1.807, 2.05) is 18.2 Å². The number of halogens is 1. The summed E-state index contributed by atoms with van der Waals surface area (Å²) in [4.78, 5) is 13.5. The van der Waals surface area contributed by atoms with E-state index < -0.39 is 0 Å². The van der Waals surface area contributed by atoms with Gasteiger partial charge >= 0.3 is 6.03 Å². The molecule has 1 N–H and O–H groups in total. The molecule has 2 rings (SSSR count). The molecule has 94 valence electrons. The van der Waals surface area contributed by atoms with Crippen molar-refractivity contribution in [1.82, 2.24) is 10.2 Å². The van der Waals surface area contributed by atoms with Gasteiger partial charge < -0.3 is 10.2 Å². The van der Waals surface area contributed by atoms with Gasteiger partial charge in [0.25, 0.3) is 0 Å². The minimum absolute atomic E-state index is 0.0714. The van der Waals surface area contributed by atoms with Crippen molar-refractivity contribution < 1.29 is 4.79 Å². The molecule has 1 saturated heterocycles. The Labute approximate surface area is 111 Å². The maximum absolute atomic E-state index is 11.7. The third kappa shape index (κ3) is 2.74. The van der Waals surface area contributed by atoms with Gasteiger partial charge in [0, 0.05) is 24.5 Å². The molecule has 1 aromatic carbocycles. The van der Waals surface area contributed by atoms with Gasteiger partial charge in [0.1, 0.15) is 0 Å². The molecule has 1 atom stereocenters. The summed E-state index contributed by atoms with van der Waals surface area (Å²) in [5.74, 6) is 0. The Bertz CT molecular complexity index is 483. The Morgan fingerprint density at radius 1 is 1.56 bits per heavy atom. The van der Waals surface area contributed by atoms with Crippen molar-refractivity contribution >= 4 is 17.6 Å². The zero-order chi connectivity index (χ0) is 13.0. The second-order valence-corrected chi connectivity index (χ2v) is 4.63. The Morgan fingerprint density at radius 2 is 2.39 bits per heavy atom. The van der Waals surface area contributed by atoms with E-state index in [-0.39, 0.29) is 12.1 Å². The average molecular weight is 264 g/mol. The van der Waals surface area contributed by atoms with E-state index in [0.29, 0.717) is 31.0 Å². The Hall–Kier alpha value is -1.73. The van der Waals surface area contributed by atoms with Gasteiger partial charge in [-0.05, 0) is 24.1 Å². The van der Waals surface area contributed by atoms with Gasteiger partial charge in [0.2, 0.25) is 0 Å². The zero-order valence-corrected chi connectivity index (χ0v) is 10.7. The molecule has 0 saturated carbocycles. The molecular formula is C13H14ClN3O. The fourth-order valence-corrected chi connectivity index (χ4v) is 2.40. The molecule has 1 aromatic rings. The van der Waals surface area contributed by atoms with Crippen LogP contribution in [0.5, 0.6) is 0 Å². The highest BCUT2D eigenvalue weighted by molar-refractivity contribution is 6.30. The van der Waals surface area contributed by atoms with Gasteiger partial charge in [0.15, 0.2) is 0 Å². The van der Waals surface area contributed by atoms with Crippen LogP contribution in [0, 0.1) is 11.3 Å². The Balaban J connectivity index is 2.24. The summed E-state index contributed by atoms with van der Waals surface area (Å²) in [5.41, 5.74) is 0.981. The minimum Gasteiger partial charge on any atom is -0.336 e. The van der Waals surface area contributed by atoms with E-state index >= 15 is 0 Å².